The average molecular weight is 365 g/mol. The van der Waals surface area contributed by atoms with Gasteiger partial charge in [0, 0.05) is 10.7 Å². The number of carbonyl (C=O) groups is 2. The lowest BCUT2D eigenvalue weighted by Crippen LogP contribution is -2.30. The van der Waals surface area contributed by atoms with Crippen molar-refractivity contribution in [1.82, 2.24) is 0 Å². The maximum atomic E-state index is 12.2. The standard InChI is InChI=1S/C18H18Cl2N2O2/c1-18(2,3)12-6-4-5-7-14(12)21-16(23)17(24)22-15-9-8-11(19)10-13(15)20/h4-10H,1-3H3,(H,21,23)(H,22,24). The maximum absolute atomic E-state index is 12.2. The first kappa shape index (κ1) is 18.3. The van der Waals surface area contributed by atoms with Crippen LogP contribution >= 0.6 is 23.2 Å². The van der Waals surface area contributed by atoms with Gasteiger partial charge in [-0.15, -0.1) is 0 Å². The highest BCUT2D eigenvalue weighted by atomic mass is 35.5. The van der Waals surface area contributed by atoms with E-state index in [-0.39, 0.29) is 10.4 Å². The van der Waals surface area contributed by atoms with Gasteiger partial charge in [0.1, 0.15) is 0 Å². The lowest BCUT2D eigenvalue weighted by atomic mass is 9.86. The van der Waals surface area contributed by atoms with Gasteiger partial charge in [0.25, 0.3) is 0 Å². The van der Waals surface area contributed by atoms with E-state index in [2.05, 4.69) is 10.6 Å². The number of benzene rings is 2. The van der Waals surface area contributed by atoms with Crippen molar-refractivity contribution >= 4 is 46.4 Å². The van der Waals surface area contributed by atoms with Crippen molar-refractivity contribution in [3.63, 3.8) is 0 Å². The topological polar surface area (TPSA) is 58.2 Å². The molecule has 0 saturated heterocycles. The minimum absolute atomic E-state index is 0.167. The Labute approximate surface area is 151 Å². The van der Waals surface area contributed by atoms with Gasteiger partial charge in [0.05, 0.1) is 10.7 Å². The summed E-state index contributed by atoms with van der Waals surface area (Å²) in [6, 6.07) is 12.0. The fourth-order valence-electron chi connectivity index (χ4n) is 2.20. The summed E-state index contributed by atoms with van der Waals surface area (Å²) in [5, 5.41) is 5.83. The summed E-state index contributed by atoms with van der Waals surface area (Å²) < 4.78 is 0. The van der Waals surface area contributed by atoms with Crippen LogP contribution in [0.25, 0.3) is 0 Å². The van der Waals surface area contributed by atoms with Crippen LogP contribution in [0.5, 0.6) is 0 Å². The Balaban J connectivity index is 2.14. The van der Waals surface area contributed by atoms with E-state index in [9.17, 15) is 9.59 Å². The summed E-state index contributed by atoms with van der Waals surface area (Å²) in [6.07, 6.45) is 0. The molecule has 0 aromatic heterocycles. The second kappa shape index (κ2) is 7.24. The molecule has 0 fully saturated rings. The predicted octanol–water partition coefficient (Wildman–Crippen LogP) is 4.87. The molecule has 0 unspecified atom stereocenters. The molecule has 2 aromatic rings. The first-order valence-electron chi connectivity index (χ1n) is 7.35. The van der Waals surface area contributed by atoms with E-state index >= 15 is 0 Å². The van der Waals surface area contributed by atoms with Crippen LogP contribution in [0.3, 0.4) is 0 Å². The van der Waals surface area contributed by atoms with Gasteiger partial charge >= 0.3 is 11.8 Å². The van der Waals surface area contributed by atoms with Crippen LogP contribution in [0.1, 0.15) is 26.3 Å². The largest absolute Gasteiger partial charge is 0.318 e. The number of anilines is 2. The summed E-state index contributed by atoms with van der Waals surface area (Å²) in [6.45, 7) is 6.10. The van der Waals surface area contributed by atoms with Gasteiger partial charge in [-0.2, -0.15) is 0 Å². The summed E-state index contributed by atoms with van der Waals surface area (Å²) in [4.78, 5) is 24.3. The van der Waals surface area contributed by atoms with Crippen LogP contribution in [-0.2, 0) is 15.0 Å². The molecule has 2 rings (SSSR count). The van der Waals surface area contributed by atoms with E-state index in [0.29, 0.717) is 16.4 Å². The third-order valence-electron chi connectivity index (χ3n) is 3.37. The first-order valence-corrected chi connectivity index (χ1v) is 8.11. The van der Waals surface area contributed by atoms with Gasteiger partial charge in [0.2, 0.25) is 0 Å². The zero-order valence-corrected chi connectivity index (χ0v) is 15.1. The van der Waals surface area contributed by atoms with Gasteiger partial charge in [-0.25, -0.2) is 0 Å². The van der Waals surface area contributed by atoms with Gasteiger partial charge in [-0.3, -0.25) is 9.59 Å². The molecule has 0 spiro atoms. The van der Waals surface area contributed by atoms with Gasteiger partial charge in [-0.05, 0) is 35.2 Å². The highest BCUT2D eigenvalue weighted by Crippen LogP contribution is 2.29. The van der Waals surface area contributed by atoms with E-state index in [1.807, 2.05) is 32.9 Å². The highest BCUT2D eigenvalue weighted by Gasteiger charge is 2.21. The van der Waals surface area contributed by atoms with Crippen molar-refractivity contribution in [2.24, 2.45) is 0 Å². The van der Waals surface area contributed by atoms with Crippen LogP contribution in [0.2, 0.25) is 10.0 Å². The Morgan fingerprint density at radius 2 is 1.46 bits per heavy atom. The van der Waals surface area contributed by atoms with Crippen molar-refractivity contribution in [2.75, 3.05) is 10.6 Å². The highest BCUT2D eigenvalue weighted by molar-refractivity contribution is 6.45. The summed E-state index contributed by atoms with van der Waals surface area (Å²) in [5.74, 6) is -1.57. The van der Waals surface area contributed by atoms with Gasteiger partial charge in [-0.1, -0.05) is 62.2 Å². The maximum Gasteiger partial charge on any atom is 0.314 e. The van der Waals surface area contributed by atoms with E-state index in [1.165, 1.54) is 6.07 Å². The Bertz CT molecular complexity index is 783. The Hall–Kier alpha value is -2.04. The Morgan fingerprint density at radius 3 is 2.04 bits per heavy atom. The van der Waals surface area contributed by atoms with Crippen LogP contribution in [0.4, 0.5) is 11.4 Å². The van der Waals surface area contributed by atoms with Crippen LogP contribution in [0, 0.1) is 0 Å². The monoisotopic (exact) mass is 364 g/mol. The Morgan fingerprint density at radius 1 is 0.875 bits per heavy atom. The number of hydrogen-bond donors (Lipinski definition) is 2. The molecule has 0 aliphatic carbocycles. The SMILES string of the molecule is CC(C)(C)c1ccccc1NC(=O)C(=O)Nc1ccc(Cl)cc1Cl. The minimum atomic E-state index is -0.803. The quantitative estimate of drug-likeness (QED) is 0.746. The number of carbonyl (C=O) groups excluding carboxylic acids is 2. The number of hydrogen-bond acceptors (Lipinski definition) is 2. The molecular formula is C18H18Cl2N2O2. The van der Waals surface area contributed by atoms with Gasteiger partial charge < -0.3 is 10.6 Å². The van der Waals surface area contributed by atoms with Crippen LogP contribution < -0.4 is 10.6 Å². The van der Waals surface area contributed by atoms with E-state index in [1.54, 1.807) is 24.3 Å². The molecule has 6 heteroatoms. The predicted molar refractivity (Wildman–Crippen MR) is 98.9 cm³/mol. The normalized spacial score (nSPS) is 11.0. The molecule has 0 heterocycles. The molecule has 0 bridgehead atoms. The molecule has 2 amide bonds. The molecule has 2 aromatic carbocycles. The second-order valence-corrected chi connectivity index (χ2v) is 7.17. The number of halogens is 2. The molecule has 4 nitrogen and oxygen atoms in total. The molecule has 0 aliphatic rings. The smallest absolute Gasteiger partial charge is 0.314 e. The average Bonchev–Trinajstić information content (AvgIpc) is 2.49. The molecule has 0 saturated carbocycles. The molecule has 0 radical (unpaired) electrons. The van der Waals surface area contributed by atoms with E-state index < -0.39 is 11.8 Å². The summed E-state index contributed by atoms with van der Waals surface area (Å²) in [5.41, 5.74) is 1.70. The number of rotatable bonds is 2. The van der Waals surface area contributed by atoms with Crippen molar-refractivity contribution in [3.05, 3.63) is 58.1 Å². The fraction of sp³-hybridized carbons (Fsp3) is 0.222. The Kier molecular flexibility index (Phi) is 5.52. The molecular weight excluding hydrogens is 347 g/mol. The number of amides is 2. The minimum Gasteiger partial charge on any atom is -0.318 e. The zero-order chi connectivity index (χ0) is 17.9. The first-order chi connectivity index (χ1) is 11.2. The second-order valence-electron chi connectivity index (χ2n) is 6.33. The molecule has 2 N–H and O–H groups in total. The van der Waals surface area contributed by atoms with Crippen molar-refractivity contribution in [3.8, 4) is 0 Å². The summed E-state index contributed by atoms with van der Waals surface area (Å²) >= 11 is 11.8. The van der Waals surface area contributed by atoms with Crippen LogP contribution in [0.15, 0.2) is 42.5 Å². The van der Waals surface area contributed by atoms with Gasteiger partial charge in [0.15, 0.2) is 0 Å². The number of nitrogens with one attached hydrogen (secondary N) is 2. The zero-order valence-electron chi connectivity index (χ0n) is 13.6. The third-order valence-corrected chi connectivity index (χ3v) is 3.92. The molecule has 24 heavy (non-hydrogen) atoms. The lowest BCUT2D eigenvalue weighted by Gasteiger charge is -2.22. The fourth-order valence-corrected chi connectivity index (χ4v) is 2.65. The van der Waals surface area contributed by atoms with Crippen molar-refractivity contribution < 1.29 is 9.59 Å². The van der Waals surface area contributed by atoms with Crippen LogP contribution in [-0.4, -0.2) is 11.8 Å². The van der Waals surface area contributed by atoms with E-state index in [0.717, 1.165) is 5.56 Å². The lowest BCUT2D eigenvalue weighted by molar-refractivity contribution is -0.133. The molecule has 0 aliphatic heterocycles. The number of para-hydroxylation sites is 1. The van der Waals surface area contributed by atoms with E-state index in [4.69, 9.17) is 23.2 Å². The molecule has 126 valence electrons. The third kappa shape index (κ3) is 4.49. The summed E-state index contributed by atoms with van der Waals surface area (Å²) in [7, 11) is 0. The molecule has 0 atom stereocenters. The van der Waals surface area contributed by atoms with Crippen molar-refractivity contribution in [2.45, 2.75) is 26.2 Å². The van der Waals surface area contributed by atoms with Crippen molar-refractivity contribution in [1.29, 1.82) is 0 Å².